The molecule has 5 heteroatoms. The molecule has 0 aliphatic rings. The molecule has 0 saturated heterocycles. The molecule has 2 aromatic heterocycles. The molecule has 0 aliphatic carbocycles. The Kier molecular flexibility index (Phi) is 4.45. The first-order chi connectivity index (χ1) is 9.01. The van der Waals surface area contributed by atoms with Crippen LogP contribution in [0.1, 0.15) is 21.7 Å². The van der Waals surface area contributed by atoms with Crippen LogP contribution in [-0.2, 0) is 13.2 Å². The average molecular weight is 297 g/mol. The molecule has 0 bridgehead atoms. The van der Waals surface area contributed by atoms with Crippen LogP contribution in [0.5, 0.6) is 0 Å². The monoisotopic (exact) mass is 296 g/mol. The maximum atomic E-state index is 9.52. The molecule has 0 amide bonds. The first-order valence-corrected chi connectivity index (χ1v) is 7.24. The van der Waals surface area contributed by atoms with Crippen molar-refractivity contribution in [1.29, 1.82) is 0 Å². The van der Waals surface area contributed by atoms with Gasteiger partial charge in [-0.25, -0.2) is 4.98 Å². The van der Waals surface area contributed by atoms with E-state index in [2.05, 4.69) is 4.98 Å². The van der Waals surface area contributed by atoms with Gasteiger partial charge in [0.25, 0.3) is 0 Å². The van der Waals surface area contributed by atoms with Crippen LogP contribution in [0.2, 0.25) is 4.34 Å². The van der Waals surface area contributed by atoms with Gasteiger partial charge in [0, 0.05) is 23.2 Å². The number of hydrogen-bond donors (Lipinski definition) is 1. The molecule has 0 radical (unpaired) electrons. The first kappa shape index (κ1) is 14.3. The molecule has 0 aliphatic heterocycles. The zero-order chi connectivity index (χ0) is 14.0. The van der Waals surface area contributed by atoms with Gasteiger partial charge in [-0.15, -0.1) is 11.3 Å². The van der Waals surface area contributed by atoms with E-state index in [-0.39, 0.29) is 6.61 Å². The molecule has 2 rings (SSSR count). The van der Waals surface area contributed by atoms with Gasteiger partial charge in [-0.05, 0) is 37.6 Å². The van der Waals surface area contributed by atoms with Gasteiger partial charge >= 0.3 is 0 Å². The molecular weight excluding hydrogens is 280 g/mol. The highest BCUT2D eigenvalue weighted by molar-refractivity contribution is 7.16. The molecule has 0 aromatic carbocycles. The third kappa shape index (κ3) is 3.26. The number of rotatable bonds is 4. The lowest BCUT2D eigenvalue weighted by Gasteiger charge is -2.22. The number of aliphatic hydroxyl groups excluding tert-OH is 1. The second-order valence-electron chi connectivity index (χ2n) is 4.60. The maximum absolute atomic E-state index is 9.52. The minimum atomic E-state index is 0.00395. The number of anilines is 1. The second-order valence-corrected chi connectivity index (χ2v) is 6.40. The molecule has 0 unspecified atom stereocenters. The molecule has 2 heterocycles. The van der Waals surface area contributed by atoms with Gasteiger partial charge in [0.05, 0.1) is 17.5 Å². The Morgan fingerprint density at radius 2 is 2.11 bits per heavy atom. The van der Waals surface area contributed by atoms with Crippen LogP contribution < -0.4 is 4.90 Å². The van der Waals surface area contributed by atoms with Gasteiger partial charge in [-0.2, -0.15) is 0 Å². The third-order valence-corrected chi connectivity index (χ3v) is 4.21. The summed E-state index contributed by atoms with van der Waals surface area (Å²) in [6, 6.07) is 5.91. The number of thiophene rings is 1. The van der Waals surface area contributed by atoms with E-state index in [1.54, 1.807) is 11.3 Å². The van der Waals surface area contributed by atoms with E-state index in [9.17, 15) is 5.11 Å². The van der Waals surface area contributed by atoms with Crippen LogP contribution in [0.4, 0.5) is 5.82 Å². The lowest BCUT2D eigenvalue weighted by Crippen LogP contribution is -2.20. The summed E-state index contributed by atoms with van der Waals surface area (Å²) < 4.78 is 0.791. The van der Waals surface area contributed by atoms with Crippen LogP contribution in [0, 0.1) is 13.8 Å². The summed E-state index contributed by atoms with van der Waals surface area (Å²) in [4.78, 5) is 7.77. The normalized spacial score (nSPS) is 10.8. The second kappa shape index (κ2) is 5.90. The van der Waals surface area contributed by atoms with Gasteiger partial charge < -0.3 is 10.0 Å². The Morgan fingerprint density at radius 1 is 1.37 bits per heavy atom. The summed E-state index contributed by atoms with van der Waals surface area (Å²) in [6.07, 6.45) is 0. The molecular formula is C14H17ClN2OS. The standard InChI is InChI=1S/C14H17ClN2OS/c1-9-6-10(2)16-14(12(9)8-18)17(3)7-11-4-5-13(15)19-11/h4-6,18H,7-8H2,1-3H3. The summed E-state index contributed by atoms with van der Waals surface area (Å²) in [5.41, 5.74) is 2.91. The zero-order valence-corrected chi connectivity index (χ0v) is 12.8. The number of halogens is 1. The average Bonchev–Trinajstić information content (AvgIpc) is 2.73. The molecule has 0 saturated carbocycles. The summed E-state index contributed by atoms with van der Waals surface area (Å²) in [5, 5.41) is 9.52. The van der Waals surface area contributed by atoms with Crippen molar-refractivity contribution in [3.63, 3.8) is 0 Å². The Balaban J connectivity index is 2.30. The van der Waals surface area contributed by atoms with E-state index in [4.69, 9.17) is 11.6 Å². The maximum Gasteiger partial charge on any atom is 0.134 e. The van der Waals surface area contributed by atoms with Crippen molar-refractivity contribution in [1.82, 2.24) is 4.98 Å². The van der Waals surface area contributed by atoms with Crippen molar-refractivity contribution >= 4 is 28.8 Å². The molecule has 0 spiro atoms. The lowest BCUT2D eigenvalue weighted by atomic mass is 10.1. The quantitative estimate of drug-likeness (QED) is 0.937. The fourth-order valence-corrected chi connectivity index (χ4v) is 3.24. The fraction of sp³-hybridized carbons (Fsp3) is 0.357. The highest BCUT2D eigenvalue weighted by atomic mass is 35.5. The highest BCUT2D eigenvalue weighted by Gasteiger charge is 2.13. The lowest BCUT2D eigenvalue weighted by molar-refractivity contribution is 0.281. The van der Waals surface area contributed by atoms with Gasteiger partial charge in [-0.3, -0.25) is 0 Å². The van der Waals surface area contributed by atoms with Crippen LogP contribution in [0.15, 0.2) is 18.2 Å². The van der Waals surface area contributed by atoms with Crippen LogP contribution in [0.25, 0.3) is 0 Å². The summed E-state index contributed by atoms with van der Waals surface area (Å²) in [7, 11) is 1.98. The minimum absolute atomic E-state index is 0.00395. The molecule has 0 fully saturated rings. The van der Waals surface area contributed by atoms with Gasteiger partial charge in [0.2, 0.25) is 0 Å². The van der Waals surface area contributed by atoms with E-state index < -0.39 is 0 Å². The van der Waals surface area contributed by atoms with E-state index in [0.29, 0.717) is 0 Å². The topological polar surface area (TPSA) is 36.4 Å². The van der Waals surface area contributed by atoms with E-state index in [0.717, 1.165) is 33.5 Å². The third-order valence-electron chi connectivity index (χ3n) is 3.00. The number of aromatic nitrogens is 1. The Hall–Kier alpha value is -1.10. The Morgan fingerprint density at radius 3 is 2.68 bits per heavy atom. The summed E-state index contributed by atoms with van der Waals surface area (Å²) in [5.74, 6) is 0.838. The zero-order valence-electron chi connectivity index (χ0n) is 11.3. The largest absolute Gasteiger partial charge is 0.392 e. The van der Waals surface area contributed by atoms with E-state index >= 15 is 0 Å². The predicted octanol–water partition coefficient (Wildman–Crippen LogP) is 3.54. The molecule has 2 aromatic rings. The predicted molar refractivity (Wildman–Crippen MR) is 81.1 cm³/mol. The van der Waals surface area contributed by atoms with Crippen molar-refractivity contribution in [2.24, 2.45) is 0 Å². The number of nitrogens with zero attached hydrogens (tertiary/aromatic N) is 2. The first-order valence-electron chi connectivity index (χ1n) is 6.04. The minimum Gasteiger partial charge on any atom is -0.392 e. The molecule has 102 valence electrons. The number of hydrogen-bond acceptors (Lipinski definition) is 4. The van der Waals surface area contributed by atoms with Gasteiger partial charge in [0.1, 0.15) is 5.82 Å². The Labute approximate surface area is 122 Å². The van der Waals surface area contributed by atoms with Crippen molar-refractivity contribution in [2.45, 2.75) is 27.0 Å². The SMILES string of the molecule is Cc1cc(C)c(CO)c(N(C)Cc2ccc(Cl)s2)n1. The number of aliphatic hydroxyl groups is 1. The van der Waals surface area contributed by atoms with E-state index in [1.165, 1.54) is 4.88 Å². The van der Waals surface area contributed by atoms with Crippen molar-refractivity contribution in [3.8, 4) is 0 Å². The molecule has 1 N–H and O–H groups in total. The molecule has 19 heavy (non-hydrogen) atoms. The van der Waals surface area contributed by atoms with Crippen molar-refractivity contribution in [3.05, 3.63) is 44.2 Å². The molecule has 3 nitrogen and oxygen atoms in total. The van der Waals surface area contributed by atoms with Crippen LogP contribution in [0.3, 0.4) is 0 Å². The van der Waals surface area contributed by atoms with E-state index in [1.807, 2.05) is 44.0 Å². The van der Waals surface area contributed by atoms with Crippen LogP contribution >= 0.6 is 22.9 Å². The fourth-order valence-electron chi connectivity index (χ4n) is 2.10. The van der Waals surface area contributed by atoms with Gasteiger partial charge in [0.15, 0.2) is 0 Å². The Bertz CT molecular complexity index is 583. The van der Waals surface area contributed by atoms with Crippen molar-refractivity contribution < 1.29 is 5.11 Å². The number of pyridine rings is 1. The van der Waals surface area contributed by atoms with Gasteiger partial charge in [-0.1, -0.05) is 11.6 Å². The van der Waals surface area contributed by atoms with Crippen LogP contribution in [-0.4, -0.2) is 17.1 Å². The summed E-state index contributed by atoms with van der Waals surface area (Å²) >= 11 is 7.51. The smallest absolute Gasteiger partial charge is 0.134 e. The van der Waals surface area contributed by atoms with Crippen molar-refractivity contribution in [2.75, 3.05) is 11.9 Å². The summed E-state index contributed by atoms with van der Waals surface area (Å²) in [6.45, 7) is 4.71. The number of aryl methyl sites for hydroxylation is 2. The highest BCUT2D eigenvalue weighted by Crippen LogP contribution is 2.26. The molecule has 0 atom stereocenters.